The van der Waals surface area contributed by atoms with Crippen molar-refractivity contribution in [3.05, 3.63) is 0 Å². The van der Waals surface area contributed by atoms with Crippen molar-refractivity contribution in [2.45, 2.75) is 32.5 Å². The number of hydrogen-bond donors (Lipinski definition) is 1. The Morgan fingerprint density at radius 2 is 2.19 bits per heavy atom. The summed E-state index contributed by atoms with van der Waals surface area (Å²) in [6.07, 6.45) is 0.327. The molecule has 0 radical (unpaired) electrons. The molecule has 16 heavy (non-hydrogen) atoms. The van der Waals surface area contributed by atoms with Gasteiger partial charge in [-0.05, 0) is 27.8 Å². The molecule has 1 rings (SSSR count). The third-order valence-corrected chi connectivity index (χ3v) is 2.53. The third-order valence-electron chi connectivity index (χ3n) is 2.53. The van der Waals surface area contributed by atoms with Gasteiger partial charge in [0.2, 0.25) is 0 Å². The Kier molecular flexibility index (Phi) is 5.69. The van der Waals surface area contributed by atoms with E-state index in [9.17, 15) is 0 Å². The Bertz CT molecular complexity index is 186. The van der Waals surface area contributed by atoms with Crippen LogP contribution in [0.25, 0.3) is 0 Å². The maximum absolute atomic E-state index is 5.69. The van der Waals surface area contributed by atoms with Crippen LogP contribution in [0.3, 0.4) is 0 Å². The molecule has 1 unspecified atom stereocenters. The van der Waals surface area contributed by atoms with E-state index >= 15 is 0 Å². The number of rotatable bonds is 5. The first-order valence-electron chi connectivity index (χ1n) is 6.12. The second-order valence-electron chi connectivity index (χ2n) is 5.42. The van der Waals surface area contributed by atoms with Gasteiger partial charge in [-0.3, -0.25) is 0 Å². The highest BCUT2D eigenvalue weighted by atomic mass is 16.5. The molecule has 1 saturated heterocycles. The van der Waals surface area contributed by atoms with E-state index in [-0.39, 0.29) is 5.60 Å². The van der Waals surface area contributed by atoms with Gasteiger partial charge in [-0.1, -0.05) is 0 Å². The van der Waals surface area contributed by atoms with Gasteiger partial charge in [0.05, 0.1) is 24.9 Å². The quantitative estimate of drug-likeness (QED) is 0.754. The molecule has 1 heterocycles. The number of nitrogens with zero attached hydrogens (tertiary/aromatic N) is 1. The predicted molar refractivity (Wildman–Crippen MR) is 65.8 cm³/mol. The van der Waals surface area contributed by atoms with Gasteiger partial charge < -0.3 is 19.7 Å². The smallest absolute Gasteiger partial charge is 0.0826 e. The summed E-state index contributed by atoms with van der Waals surface area (Å²) in [4.78, 5) is 2.27. The Labute approximate surface area is 99.3 Å². The minimum atomic E-state index is -0.0380. The van der Waals surface area contributed by atoms with Gasteiger partial charge in [0.15, 0.2) is 0 Å². The maximum atomic E-state index is 5.69. The fourth-order valence-electron chi connectivity index (χ4n) is 1.68. The van der Waals surface area contributed by atoms with Gasteiger partial charge in [0, 0.05) is 26.2 Å². The summed E-state index contributed by atoms with van der Waals surface area (Å²) in [6, 6.07) is 0. The molecule has 0 aromatic heterocycles. The summed E-state index contributed by atoms with van der Waals surface area (Å²) >= 11 is 0. The van der Waals surface area contributed by atoms with Gasteiger partial charge in [-0.25, -0.2) is 0 Å². The fourth-order valence-corrected chi connectivity index (χ4v) is 1.68. The van der Waals surface area contributed by atoms with Gasteiger partial charge in [0.25, 0.3) is 0 Å². The summed E-state index contributed by atoms with van der Waals surface area (Å²) in [6.45, 7) is 11.7. The van der Waals surface area contributed by atoms with Crippen LogP contribution in [0.1, 0.15) is 20.8 Å². The molecule has 0 spiro atoms. The zero-order valence-electron chi connectivity index (χ0n) is 11.1. The molecule has 4 nitrogen and oxygen atoms in total. The van der Waals surface area contributed by atoms with E-state index < -0.39 is 0 Å². The first-order chi connectivity index (χ1) is 7.47. The molecule has 4 heteroatoms. The molecule has 1 fully saturated rings. The van der Waals surface area contributed by atoms with Gasteiger partial charge in [-0.15, -0.1) is 0 Å². The predicted octanol–water partition coefficient (Wildman–Crippen LogP) is 0.722. The highest BCUT2D eigenvalue weighted by Gasteiger charge is 2.16. The van der Waals surface area contributed by atoms with Crippen LogP contribution in [0.15, 0.2) is 0 Å². The van der Waals surface area contributed by atoms with Gasteiger partial charge >= 0.3 is 0 Å². The SMILES string of the molecule is CN(CCOC(C)(C)C)CC1CNCCO1. The highest BCUT2D eigenvalue weighted by Crippen LogP contribution is 2.06. The molecule has 0 aromatic rings. The summed E-state index contributed by atoms with van der Waals surface area (Å²) in [5, 5.41) is 3.34. The maximum Gasteiger partial charge on any atom is 0.0826 e. The summed E-state index contributed by atoms with van der Waals surface area (Å²) in [5.74, 6) is 0. The molecule has 1 atom stereocenters. The minimum absolute atomic E-state index is 0.0380. The molecule has 1 aliphatic rings. The molecule has 0 bridgehead atoms. The number of nitrogens with one attached hydrogen (secondary N) is 1. The molecule has 1 N–H and O–H groups in total. The highest BCUT2D eigenvalue weighted by molar-refractivity contribution is 4.70. The van der Waals surface area contributed by atoms with Crippen LogP contribution in [0, 0.1) is 0 Å². The fraction of sp³-hybridized carbons (Fsp3) is 1.00. The lowest BCUT2D eigenvalue weighted by Gasteiger charge is -2.28. The van der Waals surface area contributed by atoms with Crippen molar-refractivity contribution in [1.29, 1.82) is 0 Å². The van der Waals surface area contributed by atoms with E-state index in [1.807, 2.05) is 0 Å². The van der Waals surface area contributed by atoms with Crippen molar-refractivity contribution in [3.8, 4) is 0 Å². The van der Waals surface area contributed by atoms with Crippen molar-refractivity contribution in [2.24, 2.45) is 0 Å². The van der Waals surface area contributed by atoms with Crippen molar-refractivity contribution in [1.82, 2.24) is 10.2 Å². The molecular weight excluding hydrogens is 204 g/mol. The normalized spacial score (nSPS) is 22.7. The third kappa shape index (κ3) is 6.43. The minimum Gasteiger partial charge on any atom is -0.375 e. The number of ether oxygens (including phenoxy) is 2. The standard InChI is InChI=1S/C12H26N2O2/c1-12(2,3)16-8-6-14(4)10-11-9-13-5-7-15-11/h11,13H,5-10H2,1-4H3. The second kappa shape index (κ2) is 6.55. The summed E-state index contributed by atoms with van der Waals surface area (Å²) in [5.41, 5.74) is -0.0380. The Morgan fingerprint density at radius 1 is 1.44 bits per heavy atom. The van der Waals surface area contributed by atoms with Gasteiger partial charge in [0.1, 0.15) is 0 Å². The second-order valence-corrected chi connectivity index (χ2v) is 5.42. The first kappa shape index (κ1) is 13.9. The van der Waals surface area contributed by atoms with Crippen LogP contribution in [0.4, 0.5) is 0 Å². The van der Waals surface area contributed by atoms with E-state index in [2.05, 4.69) is 38.0 Å². The van der Waals surface area contributed by atoms with Crippen LogP contribution >= 0.6 is 0 Å². The topological polar surface area (TPSA) is 33.7 Å². The van der Waals surface area contributed by atoms with Crippen LogP contribution in [-0.2, 0) is 9.47 Å². The number of hydrogen-bond acceptors (Lipinski definition) is 4. The lowest BCUT2D eigenvalue weighted by Crippen LogP contribution is -2.45. The van der Waals surface area contributed by atoms with E-state index in [0.717, 1.165) is 39.4 Å². The molecule has 96 valence electrons. The van der Waals surface area contributed by atoms with Crippen molar-refractivity contribution >= 4 is 0 Å². The first-order valence-corrected chi connectivity index (χ1v) is 6.12. The lowest BCUT2D eigenvalue weighted by molar-refractivity contribution is -0.0237. The van der Waals surface area contributed by atoms with Crippen molar-refractivity contribution in [2.75, 3.05) is 46.4 Å². The number of morpholine rings is 1. The summed E-state index contributed by atoms with van der Waals surface area (Å²) in [7, 11) is 2.12. The average Bonchev–Trinajstić information content (AvgIpc) is 2.17. The zero-order valence-corrected chi connectivity index (χ0v) is 11.1. The largest absolute Gasteiger partial charge is 0.375 e. The van der Waals surface area contributed by atoms with E-state index in [4.69, 9.17) is 9.47 Å². The Hall–Kier alpha value is -0.160. The van der Waals surface area contributed by atoms with Crippen LogP contribution in [-0.4, -0.2) is 63.0 Å². The molecule has 0 aromatic carbocycles. The van der Waals surface area contributed by atoms with Crippen LogP contribution in [0.5, 0.6) is 0 Å². The van der Waals surface area contributed by atoms with E-state index in [1.54, 1.807) is 0 Å². The molecule has 0 aliphatic carbocycles. The Morgan fingerprint density at radius 3 is 2.75 bits per heavy atom. The average molecular weight is 230 g/mol. The van der Waals surface area contributed by atoms with E-state index in [0.29, 0.717) is 6.10 Å². The molecule has 1 aliphatic heterocycles. The molecule has 0 saturated carbocycles. The lowest BCUT2D eigenvalue weighted by atomic mass is 10.2. The molecule has 0 amide bonds. The van der Waals surface area contributed by atoms with E-state index in [1.165, 1.54) is 0 Å². The summed E-state index contributed by atoms with van der Waals surface area (Å²) < 4.78 is 11.3. The van der Waals surface area contributed by atoms with Crippen molar-refractivity contribution < 1.29 is 9.47 Å². The Balaban J connectivity index is 2.08. The number of likely N-dealkylation sites (N-methyl/N-ethyl adjacent to an activating group) is 1. The van der Waals surface area contributed by atoms with Gasteiger partial charge in [-0.2, -0.15) is 0 Å². The monoisotopic (exact) mass is 230 g/mol. The van der Waals surface area contributed by atoms with Crippen LogP contribution < -0.4 is 5.32 Å². The molecular formula is C12H26N2O2. The zero-order chi connectivity index (χ0) is 12.0. The van der Waals surface area contributed by atoms with Crippen molar-refractivity contribution in [3.63, 3.8) is 0 Å². The van der Waals surface area contributed by atoms with Crippen LogP contribution in [0.2, 0.25) is 0 Å².